The van der Waals surface area contributed by atoms with Crippen LogP contribution in [0.25, 0.3) is 0 Å². The molecule has 0 aliphatic rings. The number of nitrogens with zero attached hydrogens (tertiary/aromatic N) is 1. The van der Waals surface area contributed by atoms with E-state index >= 15 is 0 Å². The summed E-state index contributed by atoms with van der Waals surface area (Å²) in [6.45, 7) is 4.04. The normalized spacial score (nSPS) is 12.1. The summed E-state index contributed by atoms with van der Waals surface area (Å²) in [5, 5.41) is 13.9. The number of carbonyl (C=O) groups excluding carboxylic acids is 1. The van der Waals surface area contributed by atoms with E-state index in [4.69, 9.17) is 5.73 Å². The van der Waals surface area contributed by atoms with E-state index in [9.17, 15) is 14.9 Å². The predicted molar refractivity (Wildman–Crippen MR) is 67.9 cm³/mol. The Morgan fingerprint density at radius 1 is 1.56 bits per heavy atom. The van der Waals surface area contributed by atoms with Gasteiger partial charge in [0.2, 0.25) is 5.91 Å². The first kappa shape index (κ1) is 14.1. The molecular weight excluding hydrogens is 234 g/mol. The zero-order valence-corrected chi connectivity index (χ0v) is 10.5. The van der Waals surface area contributed by atoms with Crippen molar-refractivity contribution in [2.24, 2.45) is 5.73 Å². The van der Waals surface area contributed by atoms with Gasteiger partial charge in [0, 0.05) is 30.6 Å². The molecule has 1 atom stereocenters. The van der Waals surface area contributed by atoms with Crippen LogP contribution in [0.2, 0.25) is 0 Å². The zero-order chi connectivity index (χ0) is 13.7. The number of amides is 1. The van der Waals surface area contributed by atoms with Gasteiger partial charge in [-0.05, 0) is 19.4 Å². The minimum atomic E-state index is -0.397. The molecule has 3 N–H and O–H groups in total. The van der Waals surface area contributed by atoms with Gasteiger partial charge in [0.05, 0.1) is 4.92 Å². The number of carbonyl (C=O) groups is 1. The van der Waals surface area contributed by atoms with Gasteiger partial charge >= 0.3 is 0 Å². The van der Waals surface area contributed by atoms with Crippen molar-refractivity contribution in [1.29, 1.82) is 0 Å². The molecular formula is C12H17N3O3. The van der Waals surface area contributed by atoms with E-state index in [1.54, 1.807) is 13.0 Å². The maximum Gasteiger partial charge on any atom is 0.272 e. The summed E-state index contributed by atoms with van der Waals surface area (Å²) in [5.74, 6) is -0.370. The van der Waals surface area contributed by atoms with Crippen molar-refractivity contribution in [1.82, 2.24) is 5.32 Å². The average molecular weight is 251 g/mol. The second kappa shape index (κ2) is 6.11. The predicted octanol–water partition coefficient (Wildman–Crippen LogP) is 1.26. The fraction of sp³-hybridized carbons (Fsp3) is 0.417. The molecule has 0 aliphatic carbocycles. The van der Waals surface area contributed by atoms with Crippen molar-refractivity contribution in [3.63, 3.8) is 0 Å². The minimum Gasteiger partial charge on any atom is -0.370 e. The molecule has 6 nitrogen and oxygen atoms in total. The minimum absolute atomic E-state index is 0.0545. The van der Waals surface area contributed by atoms with Crippen LogP contribution in [0.4, 0.5) is 5.69 Å². The summed E-state index contributed by atoms with van der Waals surface area (Å²) in [5.41, 5.74) is 6.68. The number of benzene rings is 1. The fourth-order valence-electron chi connectivity index (χ4n) is 1.72. The van der Waals surface area contributed by atoms with Crippen molar-refractivity contribution in [2.75, 3.05) is 0 Å². The van der Waals surface area contributed by atoms with Gasteiger partial charge in [0.25, 0.3) is 5.69 Å². The third-order valence-electron chi connectivity index (χ3n) is 2.76. The molecule has 6 heteroatoms. The van der Waals surface area contributed by atoms with Crippen LogP contribution < -0.4 is 11.1 Å². The Kier molecular flexibility index (Phi) is 4.79. The Labute approximate surface area is 105 Å². The van der Waals surface area contributed by atoms with E-state index in [1.165, 1.54) is 6.07 Å². The smallest absolute Gasteiger partial charge is 0.272 e. The summed E-state index contributed by atoms with van der Waals surface area (Å²) in [6, 6.07) is 4.90. The quantitative estimate of drug-likeness (QED) is 0.587. The second-order valence-electron chi connectivity index (χ2n) is 4.27. The van der Waals surface area contributed by atoms with Crippen molar-refractivity contribution < 1.29 is 9.72 Å². The maximum atomic E-state index is 10.8. The molecule has 1 aromatic carbocycles. The van der Waals surface area contributed by atoms with E-state index in [2.05, 4.69) is 5.32 Å². The highest BCUT2D eigenvalue weighted by Gasteiger charge is 2.13. The van der Waals surface area contributed by atoms with Crippen LogP contribution in [0.1, 0.15) is 24.5 Å². The van der Waals surface area contributed by atoms with Crippen molar-refractivity contribution in [3.05, 3.63) is 39.4 Å². The van der Waals surface area contributed by atoms with Gasteiger partial charge < -0.3 is 11.1 Å². The summed E-state index contributed by atoms with van der Waals surface area (Å²) >= 11 is 0. The van der Waals surface area contributed by atoms with Gasteiger partial charge in [0.1, 0.15) is 0 Å². The number of hydrogen-bond acceptors (Lipinski definition) is 4. The number of nitro benzene ring substituents is 1. The summed E-state index contributed by atoms with van der Waals surface area (Å²) in [4.78, 5) is 21.1. The number of hydrogen-bond donors (Lipinski definition) is 2. The average Bonchev–Trinajstić information content (AvgIpc) is 2.26. The first-order valence-corrected chi connectivity index (χ1v) is 5.66. The highest BCUT2D eigenvalue weighted by atomic mass is 16.6. The van der Waals surface area contributed by atoms with E-state index in [0.29, 0.717) is 12.1 Å². The zero-order valence-electron chi connectivity index (χ0n) is 10.5. The first-order chi connectivity index (χ1) is 8.41. The summed E-state index contributed by atoms with van der Waals surface area (Å²) in [7, 11) is 0. The van der Waals surface area contributed by atoms with E-state index < -0.39 is 4.92 Å². The Bertz CT molecular complexity index is 460. The number of primary amides is 1. The Morgan fingerprint density at radius 2 is 2.22 bits per heavy atom. The highest BCUT2D eigenvalue weighted by molar-refractivity contribution is 5.74. The molecule has 0 spiro atoms. The van der Waals surface area contributed by atoms with E-state index in [0.717, 1.165) is 5.56 Å². The largest absolute Gasteiger partial charge is 0.370 e. The van der Waals surface area contributed by atoms with Crippen LogP contribution in [0.5, 0.6) is 0 Å². The molecule has 0 aliphatic heterocycles. The number of nitrogens with one attached hydrogen (secondary N) is 1. The van der Waals surface area contributed by atoms with Crippen LogP contribution in [0, 0.1) is 17.0 Å². The van der Waals surface area contributed by atoms with Gasteiger partial charge in [-0.25, -0.2) is 0 Å². The highest BCUT2D eigenvalue weighted by Crippen LogP contribution is 2.20. The van der Waals surface area contributed by atoms with Crippen LogP contribution in [0.3, 0.4) is 0 Å². The molecule has 1 amide bonds. The summed E-state index contributed by atoms with van der Waals surface area (Å²) < 4.78 is 0. The maximum absolute atomic E-state index is 10.8. The van der Waals surface area contributed by atoms with Gasteiger partial charge in [-0.15, -0.1) is 0 Å². The molecule has 1 unspecified atom stereocenters. The third-order valence-corrected chi connectivity index (χ3v) is 2.76. The monoisotopic (exact) mass is 251 g/mol. The lowest BCUT2D eigenvalue weighted by molar-refractivity contribution is -0.385. The lowest BCUT2D eigenvalue weighted by Crippen LogP contribution is -2.30. The van der Waals surface area contributed by atoms with Crippen LogP contribution in [-0.4, -0.2) is 16.9 Å². The lowest BCUT2D eigenvalue weighted by atomic mass is 10.1. The first-order valence-electron chi connectivity index (χ1n) is 5.66. The molecule has 0 heterocycles. The molecule has 18 heavy (non-hydrogen) atoms. The number of rotatable bonds is 6. The lowest BCUT2D eigenvalue weighted by Gasteiger charge is -2.13. The Morgan fingerprint density at radius 3 is 2.78 bits per heavy atom. The standard InChI is InChI=1S/C12H17N3O3/c1-8(6-12(13)16)14-7-10-4-3-5-11(9(10)2)15(17)18/h3-5,8,14H,6-7H2,1-2H3,(H2,13,16). The third kappa shape index (κ3) is 3.81. The fourth-order valence-corrected chi connectivity index (χ4v) is 1.72. The number of nitro groups is 1. The van der Waals surface area contributed by atoms with Crippen molar-refractivity contribution in [2.45, 2.75) is 32.9 Å². The van der Waals surface area contributed by atoms with Gasteiger partial charge in [-0.3, -0.25) is 14.9 Å². The summed E-state index contributed by atoms with van der Waals surface area (Å²) in [6.07, 6.45) is 0.244. The molecule has 0 bridgehead atoms. The van der Waals surface area contributed by atoms with E-state index in [1.807, 2.05) is 13.0 Å². The number of nitrogens with two attached hydrogens (primary N) is 1. The SMILES string of the molecule is Cc1c(CNC(C)CC(N)=O)cccc1[N+](=O)[O-]. The van der Waals surface area contributed by atoms with Crippen molar-refractivity contribution in [3.8, 4) is 0 Å². The van der Waals surface area contributed by atoms with Gasteiger partial charge in [-0.1, -0.05) is 12.1 Å². The molecule has 1 aromatic rings. The van der Waals surface area contributed by atoms with Gasteiger partial charge in [-0.2, -0.15) is 0 Å². The molecule has 0 radical (unpaired) electrons. The Hall–Kier alpha value is -1.95. The molecule has 0 aromatic heterocycles. The van der Waals surface area contributed by atoms with Crippen LogP contribution in [0.15, 0.2) is 18.2 Å². The topological polar surface area (TPSA) is 98.3 Å². The van der Waals surface area contributed by atoms with Crippen LogP contribution in [-0.2, 0) is 11.3 Å². The molecule has 98 valence electrons. The molecule has 0 saturated carbocycles. The molecule has 0 fully saturated rings. The Balaban J connectivity index is 2.71. The van der Waals surface area contributed by atoms with Crippen molar-refractivity contribution >= 4 is 11.6 Å². The van der Waals surface area contributed by atoms with Crippen LogP contribution >= 0.6 is 0 Å². The molecule has 1 rings (SSSR count). The van der Waals surface area contributed by atoms with Gasteiger partial charge in [0.15, 0.2) is 0 Å². The molecule has 0 saturated heterocycles. The van der Waals surface area contributed by atoms with E-state index in [-0.39, 0.29) is 24.1 Å². The second-order valence-corrected chi connectivity index (χ2v) is 4.27.